The fraction of sp³-hybridized carbons (Fsp3) is 1.00. The second-order valence-corrected chi connectivity index (χ2v) is 3.44. The molecule has 0 spiro atoms. The molecule has 1 unspecified atom stereocenters. The lowest BCUT2D eigenvalue weighted by molar-refractivity contribution is 0.206. The van der Waals surface area contributed by atoms with Crippen LogP contribution in [-0.4, -0.2) is 23.5 Å². The third-order valence-electron chi connectivity index (χ3n) is 2.12. The molecule has 0 amide bonds. The van der Waals surface area contributed by atoms with Crippen LogP contribution in [0.3, 0.4) is 0 Å². The molecule has 1 atom stereocenters. The summed E-state index contributed by atoms with van der Waals surface area (Å²) in [5.74, 6) is 0. The van der Waals surface area contributed by atoms with Crippen LogP contribution in [0.25, 0.3) is 0 Å². The van der Waals surface area contributed by atoms with Crippen LogP contribution >= 0.6 is 11.6 Å². The van der Waals surface area contributed by atoms with E-state index in [0.717, 1.165) is 6.42 Å². The Kier molecular flexibility index (Phi) is 3.50. The van der Waals surface area contributed by atoms with E-state index in [4.69, 9.17) is 11.6 Å². The summed E-state index contributed by atoms with van der Waals surface area (Å²) in [5.41, 5.74) is 0.292. The topological polar surface area (TPSA) is 3.24 Å². The van der Waals surface area contributed by atoms with Crippen LogP contribution in [0.2, 0.25) is 0 Å². The summed E-state index contributed by atoms with van der Waals surface area (Å²) < 4.78 is 0. The Bertz CT molecular complexity index is 89.3. The van der Waals surface area contributed by atoms with Gasteiger partial charge in [-0.25, -0.2) is 0 Å². The summed E-state index contributed by atoms with van der Waals surface area (Å²) in [7, 11) is 0. The largest absolute Gasteiger partial charge is 0.287 e. The third kappa shape index (κ3) is 2.14. The third-order valence-corrected chi connectivity index (χ3v) is 2.71. The molecule has 60 valence electrons. The molecule has 0 aliphatic carbocycles. The number of nitrogens with zero attached hydrogens (tertiary/aromatic N) is 1. The van der Waals surface area contributed by atoms with Crippen molar-refractivity contribution in [1.82, 2.24) is 4.90 Å². The number of halogens is 1. The Morgan fingerprint density at radius 2 is 1.90 bits per heavy atom. The van der Waals surface area contributed by atoms with E-state index in [2.05, 4.69) is 11.8 Å². The molecule has 1 nitrogen and oxygen atoms in total. The van der Waals surface area contributed by atoms with Crippen molar-refractivity contribution in [2.75, 3.05) is 13.1 Å². The normalized spacial score (nSPS) is 24.6. The summed E-state index contributed by atoms with van der Waals surface area (Å²) in [6.07, 6.45) is 5.14. The van der Waals surface area contributed by atoms with Crippen molar-refractivity contribution in [3.63, 3.8) is 0 Å². The number of likely N-dealkylation sites (tertiary alicyclic amines) is 1. The first-order valence-corrected chi connectivity index (χ1v) is 4.66. The molecule has 0 radical (unpaired) electrons. The van der Waals surface area contributed by atoms with Gasteiger partial charge < -0.3 is 0 Å². The van der Waals surface area contributed by atoms with Crippen molar-refractivity contribution in [2.24, 2.45) is 0 Å². The van der Waals surface area contributed by atoms with E-state index in [0.29, 0.717) is 5.50 Å². The maximum atomic E-state index is 6.07. The number of hydrogen-bond acceptors (Lipinski definition) is 1. The number of rotatable bonds is 2. The molecule has 0 aromatic heterocycles. The molecule has 1 heterocycles. The molecule has 0 saturated carbocycles. The zero-order valence-electron chi connectivity index (χ0n) is 6.65. The summed E-state index contributed by atoms with van der Waals surface area (Å²) in [6.45, 7) is 4.57. The van der Waals surface area contributed by atoms with Gasteiger partial charge in [-0.1, -0.05) is 13.3 Å². The van der Waals surface area contributed by atoms with Gasteiger partial charge in [0.25, 0.3) is 0 Å². The number of alkyl halides is 1. The predicted octanol–water partition coefficient (Wildman–Crippen LogP) is 2.45. The van der Waals surface area contributed by atoms with Crippen LogP contribution in [0.4, 0.5) is 0 Å². The standard InChI is InChI=1S/C8H16ClN/c1-2-8(9)10-6-4-3-5-7-10/h8H,2-7H2,1H3. The smallest absolute Gasteiger partial charge is 0.0847 e. The molecule has 0 aromatic carbocycles. The monoisotopic (exact) mass is 161 g/mol. The lowest BCUT2D eigenvalue weighted by Crippen LogP contribution is -2.35. The molecular formula is C8H16ClN. The molecule has 1 saturated heterocycles. The Labute approximate surface area is 68.4 Å². The van der Waals surface area contributed by atoms with Gasteiger partial charge in [0.15, 0.2) is 0 Å². The Morgan fingerprint density at radius 1 is 1.30 bits per heavy atom. The van der Waals surface area contributed by atoms with Gasteiger partial charge in [0.05, 0.1) is 5.50 Å². The van der Waals surface area contributed by atoms with Crippen molar-refractivity contribution in [1.29, 1.82) is 0 Å². The van der Waals surface area contributed by atoms with Gasteiger partial charge in [-0.05, 0) is 32.4 Å². The molecule has 0 bridgehead atoms. The molecule has 10 heavy (non-hydrogen) atoms. The van der Waals surface area contributed by atoms with Crippen LogP contribution < -0.4 is 0 Å². The second kappa shape index (κ2) is 4.20. The van der Waals surface area contributed by atoms with Gasteiger partial charge in [-0.2, -0.15) is 0 Å². The second-order valence-electron chi connectivity index (χ2n) is 2.94. The van der Waals surface area contributed by atoms with Crippen LogP contribution in [0.1, 0.15) is 32.6 Å². The highest BCUT2D eigenvalue weighted by atomic mass is 35.5. The van der Waals surface area contributed by atoms with E-state index in [1.807, 2.05) is 0 Å². The van der Waals surface area contributed by atoms with Gasteiger partial charge in [-0.3, -0.25) is 4.90 Å². The molecular weight excluding hydrogens is 146 g/mol. The van der Waals surface area contributed by atoms with Gasteiger partial charge in [0.1, 0.15) is 0 Å². The first kappa shape index (κ1) is 8.35. The van der Waals surface area contributed by atoms with Crippen LogP contribution in [-0.2, 0) is 0 Å². The minimum absolute atomic E-state index is 0.292. The minimum Gasteiger partial charge on any atom is -0.287 e. The van der Waals surface area contributed by atoms with Crippen LogP contribution in [0, 0.1) is 0 Å². The predicted molar refractivity (Wildman–Crippen MR) is 45.4 cm³/mol. The first-order valence-electron chi connectivity index (χ1n) is 4.22. The zero-order chi connectivity index (χ0) is 7.40. The van der Waals surface area contributed by atoms with Crippen molar-refractivity contribution in [3.8, 4) is 0 Å². The fourth-order valence-electron chi connectivity index (χ4n) is 1.46. The maximum Gasteiger partial charge on any atom is 0.0847 e. The van der Waals surface area contributed by atoms with E-state index in [1.54, 1.807) is 0 Å². The fourth-order valence-corrected chi connectivity index (χ4v) is 1.65. The lowest BCUT2D eigenvalue weighted by atomic mass is 10.1. The molecule has 1 aliphatic rings. The van der Waals surface area contributed by atoms with Gasteiger partial charge in [0.2, 0.25) is 0 Å². The Balaban J connectivity index is 2.24. The van der Waals surface area contributed by atoms with Crippen molar-refractivity contribution >= 4 is 11.6 Å². The van der Waals surface area contributed by atoms with Crippen LogP contribution in [0.5, 0.6) is 0 Å². The van der Waals surface area contributed by atoms with Crippen LogP contribution in [0.15, 0.2) is 0 Å². The first-order chi connectivity index (χ1) is 4.84. The molecule has 0 aromatic rings. The minimum atomic E-state index is 0.292. The molecule has 1 fully saturated rings. The molecule has 1 rings (SSSR count). The van der Waals surface area contributed by atoms with E-state index in [9.17, 15) is 0 Å². The Morgan fingerprint density at radius 3 is 2.40 bits per heavy atom. The molecule has 1 aliphatic heterocycles. The molecule has 2 heteroatoms. The Hall–Kier alpha value is 0.250. The summed E-state index contributed by atoms with van der Waals surface area (Å²) in [5, 5.41) is 0. The average molecular weight is 162 g/mol. The quantitative estimate of drug-likeness (QED) is 0.444. The summed E-state index contributed by atoms with van der Waals surface area (Å²) in [6, 6.07) is 0. The lowest BCUT2D eigenvalue weighted by Gasteiger charge is -2.29. The highest BCUT2D eigenvalue weighted by Gasteiger charge is 2.15. The van der Waals surface area contributed by atoms with E-state index >= 15 is 0 Å². The van der Waals surface area contributed by atoms with Gasteiger partial charge in [0, 0.05) is 0 Å². The van der Waals surface area contributed by atoms with E-state index in [-0.39, 0.29) is 0 Å². The van der Waals surface area contributed by atoms with E-state index in [1.165, 1.54) is 32.4 Å². The highest BCUT2D eigenvalue weighted by molar-refractivity contribution is 6.20. The maximum absolute atomic E-state index is 6.07. The highest BCUT2D eigenvalue weighted by Crippen LogP contribution is 2.15. The van der Waals surface area contributed by atoms with Gasteiger partial charge in [-0.15, -0.1) is 11.6 Å². The SMILES string of the molecule is CCC(Cl)N1CCCCC1. The van der Waals surface area contributed by atoms with Crippen molar-refractivity contribution in [3.05, 3.63) is 0 Å². The average Bonchev–Trinajstić information content (AvgIpc) is 2.05. The summed E-state index contributed by atoms with van der Waals surface area (Å²) in [4.78, 5) is 2.38. The number of piperidine rings is 1. The number of hydrogen-bond donors (Lipinski definition) is 0. The molecule has 0 N–H and O–H groups in total. The van der Waals surface area contributed by atoms with Crippen molar-refractivity contribution in [2.45, 2.75) is 38.1 Å². The zero-order valence-corrected chi connectivity index (χ0v) is 7.40. The summed E-state index contributed by atoms with van der Waals surface area (Å²) >= 11 is 6.07. The van der Waals surface area contributed by atoms with Crippen molar-refractivity contribution < 1.29 is 0 Å². The van der Waals surface area contributed by atoms with E-state index < -0.39 is 0 Å². The van der Waals surface area contributed by atoms with Gasteiger partial charge >= 0.3 is 0 Å².